The van der Waals surface area contributed by atoms with Gasteiger partial charge in [0.2, 0.25) is 5.95 Å². The van der Waals surface area contributed by atoms with Crippen LogP contribution in [0.5, 0.6) is 0 Å². The maximum atomic E-state index is 5.79. The zero-order valence-corrected chi connectivity index (χ0v) is 10.9. The van der Waals surface area contributed by atoms with E-state index in [1.807, 2.05) is 0 Å². The molecule has 1 atom stereocenters. The van der Waals surface area contributed by atoms with E-state index >= 15 is 0 Å². The highest BCUT2D eigenvalue weighted by molar-refractivity contribution is 9.10. The normalized spacial score (nSPS) is 22.4. The molecule has 0 saturated carbocycles. The molecule has 1 aromatic heterocycles. The Hall–Kier alpha value is -0.720. The van der Waals surface area contributed by atoms with Gasteiger partial charge in [0.05, 0.1) is 10.5 Å². The lowest BCUT2D eigenvalue weighted by Gasteiger charge is -2.39. The Kier molecular flexibility index (Phi) is 3.73. The number of hydrogen-bond donors (Lipinski definition) is 1. The van der Waals surface area contributed by atoms with Crippen LogP contribution in [0.2, 0.25) is 0 Å². The van der Waals surface area contributed by atoms with Gasteiger partial charge in [0.1, 0.15) is 0 Å². The van der Waals surface area contributed by atoms with E-state index in [1.54, 1.807) is 12.4 Å². The summed E-state index contributed by atoms with van der Waals surface area (Å²) < 4.78 is 0.898. The molecular formula is C10H16BrN5. The van der Waals surface area contributed by atoms with Crippen LogP contribution in [0.3, 0.4) is 0 Å². The Labute approximate surface area is 104 Å². The standard InChI is InChI=1S/C10H16BrN5/c1-15-2-3-16(9(4-12)7-15)10-13-5-8(11)6-14-10/h5-6,9H,2-4,7,12H2,1H3. The van der Waals surface area contributed by atoms with E-state index in [0.717, 1.165) is 30.1 Å². The van der Waals surface area contributed by atoms with Crippen LogP contribution < -0.4 is 10.6 Å². The second-order valence-electron chi connectivity index (χ2n) is 4.05. The minimum Gasteiger partial charge on any atom is -0.334 e. The van der Waals surface area contributed by atoms with Gasteiger partial charge in [-0.05, 0) is 23.0 Å². The van der Waals surface area contributed by atoms with Gasteiger partial charge in [-0.15, -0.1) is 0 Å². The smallest absolute Gasteiger partial charge is 0.225 e. The number of piperazine rings is 1. The molecule has 16 heavy (non-hydrogen) atoms. The minimum absolute atomic E-state index is 0.305. The van der Waals surface area contributed by atoms with Crippen molar-refractivity contribution in [2.45, 2.75) is 6.04 Å². The fraction of sp³-hybridized carbons (Fsp3) is 0.600. The number of anilines is 1. The highest BCUT2D eigenvalue weighted by Crippen LogP contribution is 2.16. The van der Waals surface area contributed by atoms with Crippen molar-refractivity contribution in [3.05, 3.63) is 16.9 Å². The molecule has 0 aliphatic carbocycles. The van der Waals surface area contributed by atoms with Crippen LogP contribution in [-0.2, 0) is 0 Å². The summed E-state index contributed by atoms with van der Waals surface area (Å²) in [6, 6.07) is 0.305. The largest absolute Gasteiger partial charge is 0.334 e. The second-order valence-corrected chi connectivity index (χ2v) is 4.96. The predicted octanol–water partition coefficient (Wildman–Crippen LogP) is 0.318. The van der Waals surface area contributed by atoms with Gasteiger partial charge in [-0.25, -0.2) is 9.97 Å². The third-order valence-electron chi connectivity index (χ3n) is 2.82. The van der Waals surface area contributed by atoms with Gasteiger partial charge in [0, 0.05) is 38.6 Å². The molecule has 2 N–H and O–H groups in total. The second kappa shape index (κ2) is 5.07. The van der Waals surface area contributed by atoms with Crippen LogP contribution in [0, 0.1) is 0 Å². The maximum Gasteiger partial charge on any atom is 0.225 e. The van der Waals surface area contributed by atoms with Crippen LogP contribution in [-0.4, -0.2) is 54.1 Å². The minimum atomic E-state index is 0.305. The number of likely N-dealkylation sites (N-methyl/N-ethyl adjacent to an activating group) is 1. The van der Waals surface area contributed by atoms with E-state index in [0.29, 0.717) is 12.6 Å². The number of rotatable bonds is 2. The molecule has 2 rings (SSSR count). The summed E-state index contributed by atoms with van der Waals surface area (Å²) in [6.07, 6.45) is 3.54. The fourth-order valence-corrected chi connectivity index (χ4v) is 2.13. The van der Waals surface area contributed by atoms with Crippen LogP contribution >= 0.6 is 15.9 Å². The summed E-state index contributed by atoms with van der Waals surface area (Å²) >= 11 is 3.33. The summed E-state index contributed by atoms with van der Waals surface area (Å²) in [5.41, 5.74) is 5.79. The summed E-state index contributed by atoms with van der Waals surface area (Å²) in [7, 11) is 2.11. The van der Waals surface area contributed by atoms with Crippen molar-refractivity contribution in [1.29, 1.82) is 0 Å². The molecule has 0 radical (unpaired) electrons. The average molecular weight is 286 g/mol. The van der Waals surface area contributed by atoms with Gasteiger partial charge >= 0.3 is 0 Å². The molecule has 1 unspecified atom stereocenters. The lowest BCUT2D eigenvalue weighted by atomic mass is 10.2. The van der Waals surface area contributed by atoms with Crippen LogP contribution in [0.4, 0.5) is 5.95 Å². The summed E-state index contributed by atoms with van der Waals surface area (Å²) in [6.45, 7) is 3.55. The molecular weight excluding hydrogens is 270 g/mol. The Bertz CT molecular complexity index is 342. The molecule has 0 bridgehead atoms. The van der Waals surface area contributed by atoms with Crippen molar-refractivity contribution < 1.29 is 0 Å². The first kappa shape index (κ1) is 11.8. The topological polar surface area (TPSA) is 58.3 Å². The zero-order chi connectivity index (χ0) is 11.5. The quantitative estimate of drug-likeness (QED) is 0.848. The van der Waals surface area contributed by atoms with E-state index in [1.165, 1.54) is 0 Å². The molecule has 88 valence electrons. The molecule has 2 heterocycles. The first-order valence-electron chi connectivity index (χ1n) is 5.33. The van der Waals surface area contributed by atoms with Crippen molar-refractivity contribution in [3.8, 4) is 0 Å². The van der Waals surface area contributed by atoms with Gasteiger partial charge < -0.3 is 15.5 Å². The summed E-state index contributed by atoms with van der Waals surface area (Å²) in [5, 5.41) is 0. The Morgan fingerprint density at radius 3 is 2.75 bits per heavy atom. The van der Waals surface area contributed by atoms with Crippen molar-refractivity contribution in [3.63, 3.8) is 0 Å². The molecule has 1 saturated heterocycles. The van der Waals surface area contributed by atoms with Crippen molar-refractivity contribution in [2.75, 3.05) is 38.1 Å². The number of nitrogens with two attached hydrogens (primary N) is 1. The molecule has 1 fully saturated rings. The van der Waals surface area contributed by atoms with Gasteiger partial charge in [0.25, 0.3) is 0 Å². The highest BCUT2D eigenvalue weighted by Gasteiger charge is 2.25. The van der Waals surface area contributed by atoms with Gasteiger partial charge in [-0.3, -0.25) is 0 Å². The predicted molar refractivity (Wildman–Crippen MR) is 67.4 cm³/mol. The Morgan fingerprint density at radius 1 is 1.44 bits per heavy atom. The van der Waals surface area contributed by atoms with E-state index in [9.17, 15) is 0 Å². The number of halogens is 1. The number of hydrogen-bond acceptors (Lipinski definition) is 5. The van der Waals surface area contributed by atoms with E-state index in [4.69, 9.17) is 5.73 Å². The van der Waals surface area contributed by atoms with Crippen molar-refractivity contribution in [1.82, 2.24) is 14.9 Å². The first-order chi connectivity index (χ1) is 7.70. The Morgan fingerprint density at radius 2 is 2.12 bits per heavy atom. The zero-order valence-electron chi connectivity index (χ0n) is 9.30. The maximum absolute atomic E-state index is 5.79. The molecule has 1 aliphatic heterocycles. The SMILES string of the molecule is CN1CCN(c2ncc(Br)cn2)C(CN)C1. The van der Waals surface area contributed by atoms with Gasteiger partial charge in [-0.2, -0.15) is 0 Å². The van der Waals surface area contributed by atoms with Crippen molar-refractivity contribution in [2.24, 2.45) is 5.73 Å². The average Bonchev–Trinajstić information content (AvgIpc) is 2.30. The third kappa shape index (κ3) is 2.50. The number of aromatic nitrogens is 2. The van der Waals surface area contributed by atoms with Crippen molar-refractivity contribution >= 4 is 21.9 Å². The van der Waals surface area contributed by atoms with E-state index in [2.05, 4.69) is 42.7 Å². The monoisotopic (exact) mass is 285 g/mol. The van der Waals surface area contributed by atoms with Crippen LogP contribution in [0.1, 0.15) is 0 Å². The fourth-order valence-electron chi connectivity index (χ4n) is 1.93. The van der Waals surface area contributed by atoms with E-state index < -0.39 is 0 Å². The Balaban J connectivity index is 2.15. The van der Waals surface area contributed by atoms with Crippen LogP contribution in [0.25, 0.3) is 0 Å². The van der Waals surface area contributed by atoms with Gasteiger partial charge in [-0.1, -0.05) is 0 Å². The molecule has 0 spiro atoms. The lowest BCUT2D eigenvalue weighted by Crippen LogP contribution is -2.55. The molecule has 0 aromatic carbocycles. The molecule has 0 amide bonds. The first-order valence-corrected chi connectivity index (χ1v) is 6.13. The molecule has 1 aliphatic rings. The summed E-state index contributed by atoms with van der Waals surface area (Å²) in [4.78, 5) is 13.1. The van der Waals surface area contributed by atoms with E-state index in [-0.39, 0.29) is 0 Å². The molecule has 5 nitrogen and oxygen atoms in total. The molecule has 6 heteroatoms. The number of nitrogens with zero attached hydrogens (tertiary/aromatic N) is 4. The van der Waals surface area contributed by atoms with Gasteiger partial charge in [0.15, 0.2) is 0 Å². The lowest BCUT2D eigenvalue weighted by molar-refractivity contribution is 0.267. The van der Waals surface area contributed by atoms with Crippen LogP contribution in [0.15, 0.2) is 16.9 Å². The molecule has 1 aromatic rings. The summed E-state index contributed by atoms with van der Waals surface area (Å²) in [5.74, 6) is 0.770. The highest BCUT2D eigenvalue weighted by atomic mass is 79.9. The third-order valence-corrected chi connectivity index (χ3v) is 3.23.